The number of morpholine rings is 1. The van der Waals surface area contributed by atoms with E-state index < -0.39 is 0 Å². The van der Waals surface area contributed by atoms with Gasteiger partial charge in [0.05, 0.1) is 13.2 Å². The van der Waals surface area contributed by atoms with Crippen LogP contribution in [-0.2, 0) is 4.74 Å². The molecule has 3 nitrogen and oxygen atoms in total. The Morgan fingerprint density at radius 3 is 2.72 bits per heavy atom. The lowest BCUT2D eigenvalue weighted by molar-refractivity contribution is 0.0179. The summed E-state index contributed by atoms with van der Waals surface area (Å²) in [5, 5.41) is 0. The van der Waals surface area contributed by atoms with Gasteiger partial charge in [0.2, 0.25) is 0 Å². The first-order valence-corrected chi connectivity index (χ1v) is 7.00. The van der Waals surface area contributed by atoms with Crippen LogP contribution in [0.4, 0.5) is 0 Å². The van der Waals surface area contributed by atoms with Crippen molar-refractivity contribution in [1.29, 1.82) is 0 Å². The molecule has 1 aliphatic heterocycles. The van der Waals surface area contributed by atoms with Gasteiger partial charge in [-0.1, -0.05) is 24.3 Å². The van der Waals surface area contributed by atoms with E-state index in [1.807, 2.05) is 0 Å². The van der Waals surface area contributed by atoms with Gasteiger partial charge in [0.25, 0.3) is 0 Å². The van der Waals surface area contributed by atoms with Gasteiger partial charge in [-0.05, 0) is 29.9 Å². The Morgan fingerprint density at radius 2 is 2.06 bits per heavy atom. The molecule has 1 saturated carbocycles. The molecule has 1 aromatic carbocycles. The van der Waals surface area contributed by atoms with Crippen LogP contribution in [0.5, 0.6) is 0 Å². The minimum Gasteiger partial charge on any atom is -0.379 e. The SMILES string of the molecule is NCC(c1cccc(C2CC2)c1)N1CCOCC1. The maximum Gasteiger partial charge on any atom is 0.0594 e. The number of hydrogen-bond acceptors (Lipinski definition) is 3. The van der Waals surface area contributed by atoms with Crippen molar-refractivity contribution < 1.29 is 4.74 Å². The van der Waals surface area contributed by atoms with Crippen LogP contribution in [0.2, 0.25) is 0 Å². The fraction of sp³-hybridized carbons (Fsp3) is 0.600. The van der Waals surface area contributed by atoms with Crippen molar-refractivity contribution in [2.45, 2.75) is 24.8 Å². The lowest BCUT2D eigenvalue weighted by Gasteiger charge is -2.34. The molecule has 1 heterocycles. The maximum absolute atomic E-state index is 5.99. The number of nitrogens with zero attached hydrogens (tertiary/aromatic N) is 1. The standard InChI is InChI=1S/C15H22N2O/c16-11-15(17-6-8-18-9-7-17)14-3-1-2-13(10-14)12-4-5-12/h1-3,10,12,15H,4-9,11,16H2. The summed E-state index contributed by atoms with van der Waals surface area (Å²) in [6.45, 7) is 4.34. The first kappa shape index (κ1) is 12.2. The molecule has 0 spiro atoms. The van der Waals surface area contributed by atoms with E-state index in [2.05, 4.69) is 29.2 Å². The molecule has 1 saturated heterocycles. The number of hydrogen-bond donors (Lipinski definition) is 1. The molecule has 0 radical (unpaired) electrons. The Balaban J connectivity index is 1.78. The van der Waals surface area contributed by atoms with E-state index in [9.17, 15) is 0 Å². The molecule has 0 aromatic heterocycles. The molecule has 1 aliphatic carbocycles. The summed E-state index contributed by atoms with van der Waals surface area (Å²) in [7, 11) is 0. The van der Waals surface area contributed by atoms with E-state index in [1.165, 1.54) is 24.0 Å². The number of nitrogens with two attached hydrogens (primary N) is 1. The van der Waals surface area contributed by atoms with Gasteiger partial charge < -0.3 is 10.5 Å². The molecule has 0 amide bonds. The average molecular weight is 246 g/mol. The summed E-state index contributed by atoms with van der Waals surface area (Å²) in [5.41, 5.74) is 8.87. The summed E-state index contributed by atoms with van der Waals surface area (Å²) in [6.07, 6.45) is 2.71. The molecule has 1 unspecified atom stereocenters. The Labute approximate surface area is 109 Å². The van der Waals surface area contributed by atoms with E-state index in [-0.39, 0.29) is 0 Å². The van der Waals surface area contributed by atoms with Gasteiger partial charge in [0.15, 0.2) is 0 Å². The first-order chi connectivity index (χ1) is 8.88. The second kappa shape index (κ2) is 5.39. The topological polar surface area (TPSA) is 38.5 Å². The number of rotatable bonds is 4. The predicted octanol–water partition coefficient (Wildman–Crippen LogP) is 1.90. The Morgan fingerprint density at radius 1 is 1.28 bits per heavy atom. The predicted molar refractivity (Wildman–Crippen MR) is 72.6 cm³/mol. The smallest absolute Gasteiger partial charge is 0.0594 e. The Kier molecular flexibility index (Phi) is 3.64. The van der Waals surface area contributed by atoms with Gasteiger partial charge in [0, 0.05) is 25.7 Å². The summed E-state index contributed by atoms with van der Waals surface area (Å²) < 4.78 is 5.42. The van der Waals surface area contributed by atoms with Crippen LogP contribution in [0.15, 0.2) is 24.3 Å². The molecular formula is C15H22N2O. The third-order valence-electron chi connectivity index (χ3n) is 4.05. The summed E-state index contributed by atoms with van der Waals surface area (Å²) >= 11 is 0. The highest BCUT2D eigenvalue weighted by Crippen LogP contribution is 2.40. The Bertz CT molecular complexity index is 397. The minimum atomic E-state index is 0.354. The zero-order chi connectivity index (χ0) is 12.4. The van der Waals surface area contributed by atoms with E-state index in [4.69, 9.17) is 10.5 Å². The maximum atomic E-state index is 5.99. The fourth-order valence-electron chi connectivity index (χ4n) is 2.82. The monoisotopic (exact) mass is 246 g/mol. The number of ether oxygens (including phenoxy) is 1. The van der Waals surface area contributed by atoms with E-state index >= 15 is 0 Å². The van der Waals surface area contributed by atoms with Crippen LogP contribution in [0, 0.1) is 0 Å². The summed E-state index contributed by atoms with van der Waals surface area (Å²) in [5.74, 6) is 0.813. The van der Waals surface area contributed by atoms with Crippen molar-refractivity contribution in [1.82, 2.24) is 4.90 Å². The zero-order valence-electron chi connectivity index (χ0n) is 10.8. The molecule has 1 aromatic rings. The van der Waals surface area contributed by atoms with Crippen LogP contribution < -0.4 is 5.73 Å². The van der Waals surface area contributed by atoms with Crippen molar-refractivity contribution in [3.8, 4) is 0 Å². The highest BCUT2D eigenvalue weighted by atomic mass is 16.5. The lowest BCUT2D eigenvalue weighted by atomic mass is 10.0. The van der Waals surface area contributed by atoms with Crippen molar-refractivity contribution in [3.05, 3.63) is 35.4 Å². The third kappa shape index (κ3) is 2.58. The van der Waals surface area contributed by atoms with Gasteiger partial charge in [-0.15, -0.1) is 0 Å². The van der Waals surface area contributed by atoms with Crippen LogP contribution in [0.25, 0.3) is 0 Å². The largest absolute Gasteiger partial charge is 0.379 e. The molecule has 0 bridgehead atoms. The highest BCUT2D eigenvalue weighted by molar-refractivity contribution is 5.31. The molecule has 1 atom stereocenters. The first-order valence-electron chi connectivity index (χ1n) is 7.00. The van der Waals surface area contributed by atoms with Crippen molar-refractivity contribution in [2.75, 3.05) is 32.8 Å². The van der Waals surface area contributed by atoms with Crippen LogP contribution in [-0.4, -0.2) is 37.7 Å². The second-order valence-electron chi connectivity index (χ2n) is 5.34. The van der Waals surface area contributed by atoms with Gasteiger partial charge in [-0.25, -0.2) is 0 Å². The third-order valence-corrected chi connectivity index (χ3v) is 4.05. The number of benzene rings is 1. The lowest BCUT2D eigenvalue weighted by Crippen LogP contribution is -2.41. The van der Waals surface area contributed by atoms with Crippen LogP contribution >= 0.6 is 0 Å². The molecule has 2 fully saturated rings. The molecule has 2 N–H and O–H groups in total. The van der Waals surface area contributed by atoms with Gasteiger partial charge in [0.1, 0.15) is 0 Å². The Hall–Kier alpha value is -0.900. The van der Waals surface area contributed by atoms with E-state index in [0.717, 1.165) is 32.2 Å². The molecule has 98 valence electrons. The van der Waals surface area contributed by atoms with Gasteiger partial charge >= 0.3 is 0 Å². The fourth-order valence-corrected chi connectivity index (χ4v) is 2.82. The van der Waals surface area contributed by atoms with E-state index in [1.54, 1.807) is 0 Å². The second-order valence-corrected chi connectivity index (χ2v) is 5.34. The quantitative estimate of drug-likeness (QED) is 0.882. The van der Waals surface area contributed by atoms with E-state index in [0.29, 0.717) is 12.6 Å². The van der Waals surface area contributed by atoms with Crippen molar-refractivity contribution in [3.63, 3.8) is 0 Å². The normalized spacial score (nSPS) is 22.9. The van der Waals surface area contributed by atoms with Crippen LogP contribution in [0.1, 0.15) is 35.9 Å². The van der Waals surface area contributed by atoms with Crippen LogP contribution in [0.3, 0.4) is 0 Å². The van der Waals surface area contributed by atoms with Crippen molar-refractivity contribution in [2.24, 2.45) is 5.73 Å². The zero-order valence-corrected chi connectivity index (χ0v) is 10.8. The summed E-state index contributed by atoms with van der Waals surface area (Å²) in [4.78, 5) is 2.45. The molecule has 2 aliphatic rings. The van der Waals surface area contributed by atoms with Crippen molar-refractivity contribution >= 4 is 0 Å². The van der Waals surface area contributed by atoms with Gasteiger partial charge in [-0.3, -0.25) is 4.90 Å². The average Bonchev–Trinajstić information content (AvgIpc) is 3.26. The molecule has 18 heavy (non-hydrogen) atoms. The van der Waals surface area contributed by atoms with Gasteiger partial charge in [-0.2, -0.15) is 0 Å². The molecular weight excluding hydrogens is 224 g/mol. The minimum absolute atomic E-state index is 0.354. The molecule has 3 heteroatoms. The highest BCUT2D eigenvalue weighted by Gasteiger charge is 2.26. The summed E-state index contributed by atoms with van der Waals surface area (Å²) in [6, 6.07) is 9.39. The molecule has 3 rings (SSSR count).